The normalized spacial score (nSPS) is 11.5. The maximum Gasteiger partial charge on any atom is 0.252 e. The van der Waals surface area contributed by atoms with Crippen LogP contribution in [0.4, 0.5) is 4.39 Å². The molecule has 0 bridgehead atoms. The lowest BCUT2D eigenvalue weighted by Crippen LogP contribution is -2.21. The fourth-order valence-electron chi connectivity index (χ4n) is 2.55. The second-order valence-electron chi connectivity index (χ2n) is 5.70. The largest absolute Gasteiger partial charge is 0.365 e. The average molecular weight is 300 g/mol. The van der Waals surface area contributed by atoms with Crippen LogP contribution in [0.25, 0.3) is 21.8 Å². The molecule has 0 fully saturated rings. The van der Waals surface area contributed by atoms with Crippen molar-refractivity contribution in [1.82, 2.24) is 9.66 Å². The highest BCUT2D eigenvalue weighted by Crippen LogP contribution is 2.30. The van der Waals surface area contributed by atoms with Crippen molar-refractivity contribution in [3.8, 4) is 0 Å². The van der Waals surface area contributed by atoms with Crippen LogP contribution in [0.1, 0.15) is 24.2 Å². The van der Waals surface area contributed by atoms with Crippen molar-refractivity contribution in [1.29, 1.82) is 0 Å². The number of carbonyl (C=O) groups is 1. The van der Waals surface area contributed by atoms with Crippen molar-refractivity contribution >= 4 is 27.7 Å². The van der Waals surface area contributed by atoms with Gasteiger partial charge in [0.05, 0.1) is 16.6 Å². The van der Waals surface area contributed by atoms with E-state index >= 15 is 0 Å². The Morgan fingerprint density at radius 1 is 1.36 bits per heavy atom. The molecule has 0 saturated carbocycles. The number of halogens is 1. The number of fused-ring (bicyclic) bond motifs is 3. The summed E-state index contributed by atoms with van der Waals surface area (Å²) in [5.41, 5.74) is 10.5. The number of primary amides is 1. The molecule has 2 aromatic heterocycles. The minimum atomic E-state index is -0.561. The first-order valence-corrected chi connectivity index (χ1v) is 7.10. The van der Waals surface area contributed by atoms with Crippen molar-refractivity contribution in [2.45, 2.75) is 13.8 Å². The van der Waals surface area contributed by atoms with E-state index in [4.69, 9.17) is 5.73 Å². The summed E-state index contributed by atoms with van der Waals surface area (Å²) in [6, 6.07) is 4.52. The monoisotopic (exact) mass is 300 g/mol. The third-order valence-corrected chi connectivity index (χ3v) is 3.55. The SMILES string of the molecule is CC(C)CNn1c2ccc(F)cc2c2cncc(C(N)=O)c21. The van der Waals surface area contributed by atoms with Gasteiger partial charge in [-0.2, -0.15) is 0 Å². The molecule has 0 unspecified atom stereocenters. The van der Waals surface area contributed by atoms with Gasteiger partial charge in [0.1, 0.15) is 5.82 Å². The van der Waals surface area contributed by atoms with Gasteiger partial charge in [-0.3, -0.25) is 14.5 Å². The van der Waals surface area contributed by atoms with Gasteiger partial charge < -0.3 is 11.2 Å². The molecule has 1 aromatic carbocycles. The van der Waals surface area contributed by atoms with E-state index in [1.165, 1.54) is 18.3 Å². The van der Waals surface area contributed by atoms with Gasteiger partial charge >= 0.3 is 0 Å². The van der Waals surface area contributed by atoms with Crippen LogP contribution in [0.2, 0.25) is 0 Å². The topological polar surface area (TPSA) is 72.9 Å². The number of benzene rings is 1. The fourth-order valence-corrected chi connectivity index (χ4v) is 2.55. The van der Waals surface area contributed by atoms with E-state index in [0.29, 0.717) is 34.3 Å². The lowest BCUT2D eigenvalue weighted by atomic mass is 10.1. The Kier molecular flexibility index (Phi) is 3.44. The second kappa shape index (κ2) is 5.29. The van der Waals surface area contributed by atoms with E-state index < -0.39 is 5.91 Å². The predicted octanol–water partition coefficient (Wildman–Crippen LogP) is 2.63. The number of aromatic nitrogens is 2. The predicted molar refractivity (Wildman–Crippen MR) is 84.8 cm³/mol. The summed E-state index contributed by atoms with van der Waals surface area (Å²) < 4.78 is 15.4. The number of nitrogens with one attached hydrogen (secondary N) is 1. The van der Waals surface area contributed by atoms with Gasteiger partial charge in [0, 0.05) is 29.7 Å². The van der Waals surface area contributed by atoms with Gasteiger partial charge in [0.25, 0.3) is 5.91 Å². The van der Waals surface area contributed by atoms with Crippen LogP contribution in [0.5, 0.6) is 0 Å². The van der Waals surface area contributed by atoms with E-state index in [1.807, 2.05) is 0 Å². The molecule has 1 amide bonds. The molecule has 3 aromatic rings. The van der Waals surface area contributed by atoms with Crippen molar-refractivity contribution in [3.63, 3.8) is 0 Å². The first-order valence-electron chi connectivity index (χ1n) is 7.10. The van der Waals surface area contributed by atoms with Gasteiger partial charge in [0.15, 0.2) is 0 Å². The molecule has 2 heterocycles. The summed E-state index contributed by atoms with van der Waals surface area (Å²) in [5, 5.41) is 1.39. The lowest BCUT2D eigenvalue weighted by Gasteiger charge is -2.14. The van der Waals surface area contributed by atoms with Crippen LogP contribution in [-0.4, -0.2) is 22.1 Å². The van der Waals surface area contributed by atoms with E-state index in [2.05, 4.69) is 24.3 Å². The first-order chi connectivity index (χ1) is 10.5. The minimum absolute atomic E-state index is 0.311. The van der Waals surface area contributed by atoms with Crippen molar-refractivity contribution < 1.29 is 9.18 Å². The minimum Gasteiger partial charge on any atom is -0.365 e. The Morgan fingerprint density at radius 2 is 2.14 bits per heavy atom. The molecular weight excluding hydrogens is 283 g/mol. The molecule has 0 saturated heterocycles. The third-order valence-electron chi connectivity index (χ3n) is 3.55. The van der Waals surface area contributed by atoms with E-state index in [1.54, 1.807) is 16.9 Å². The molecule has 3 N–H and O–H groups in total. The molecule has 0 aliphatic rings. The summed E-state index contributed by atoms with van der Waals surface area (Å²) in [6.07, 6.45) is 3.06. The molecular formula is C16H17FN4O. The van der Waals surface area contributed by atoms with Crippen LogP contribution < -0.4 is 11.2 Å². The molecule has 22 heavy (non-hydrogen) atoms. The quantitative estimate of drug-likeness (QED) is 0.778. The Hall–Kier alpha value is -2.63. The molecule has 6 heteroatoms. The number of pyridine rings is 1. The molecule has 0 aliphatic heterocycles. The first kappa shape index (κ1) is 14.3. The average Bonchev–Trinajstić information content (AvgIpc) is 2.78. The van der Waals surface area contributed by atoms with Crippen LogP contribution in [-0.2, 0) is 0 Å². The Balaban J connectivity index is 2.38. The molecule has 5 nitrogen and oxygen atoms in total. The highest BCUT2D eigenvalue weighted by molar-refractivity contribution is 6.15. The third kappa shape index (κ3) is 2.26. The molecule has 0 aliphatic carbocycles. The molecule has 0 spiro atoms. The number of hydrogen-bond acceptors (Lipinski definition) is 3. The van der Waals surface area contributed by atoms with Crippen LogP contribution >= 0.6 is 0 Å². The zero-order valence-corrected chi connectivity index (χ0v) is 12.4. The van der Waals surface area contributed by atoms with Crippen molar-refractivity contribution in [2.24, 2.45) is 11.7 Å². The number of nitrogens with two attached hydrogens (primary N) is 1. The number of carbonyl (C=O) groups excluding carboxylic acids is 1. The number of nitrogens with zero attached hydrogens (tertiary/aromatic N) is 2. The summed E-state index contributed by atoms with van der Waals surface area (Å²) >= 11 is 0. The van der Waals surface area contributed by atoms with Crippen LogP contribution in [0.15, 0.2) is 30.6 Å². The zero-order valence-electron chi connectivity index (χ0n) is 12.4. The van der Waals surface area contributed by atoms with E-state index in [9.17, 15) is 9.18 Å². The Bertz CT molecular complexity index is 869. The van der Waals surface area contributed by atoms with Gasteiger partial charge in [-0.25, -0.2) is 4.39 Å². The van der Waals surface area contributed by atoms with Crippen LogP contribution in [0, 0.1) is 11.7 Å². The van der Waals surface area contributed by atoms with Gasteiger partial charge in [-0.1, -0.05) is 13.8 Å². The standard InChI is InChI=1S/C16H17FN4O/c1-9(2)6-20-21-14-4-3-10(17)5-11(14)12-7-19-8-13(15(12)21)16(18)22/h3-5,7-9,20H,6H2,1-2H3,(H2,18,22). The Morgan fingerprint density at radius 3 is 2.82 bits per heavy atom. The zero-order chi connectivity index (χ0) is 15.9. The molecule has 0 atom stereocenters. The lowest BCUT2D eigenvalue weighted by molar-refractivity contribution is 0.100. The van der Waals surface area contributed by atoms with Gasteiger partial charge in [-0.15, -0.1) is 0 Å². The maximum absolute atomic E-state index is 13.6. The smallest absolute Gasteiger partial charge is 0.252 e. The highest BCUT2D eigenvalue weighted by atomic mass is 19.1. The molecule has 3 rings (SSSR count). The summed E-state index contributed by atoms with van der Waals surface area (Å²) in [6.45, 7) is 4.87. The number of amides is 1. The fraction of sp³-hybridized carbons (Fsp3) is 0.250. The van der Waals surface area contributed by atoms with E-state index in [-0.39, 0.29) is 5.82 Å². The Labute approximate surface area is 126 Å². The van der Waals surface area contributed by atoms with Gasteiger partial charge in [-0.05, 0) is 24.1 Å². The maximum atomic E-state index is 13.6. The number of hydrogen-bond donors (Lipinski definition) is 2. The summed E-state index contributed by atoms with van der Waals surface area (Å²) in [7, 11) is 0. The molecule has 114 valence electrons. The van der Waals surface area contributed by atoms with Gasteiger partial charge in [0.2, 0.25) is 0 Å². The summed E-state index contributed by atoms with van der Waals surface area (Å²) in [4.78, 5) is 15.8. The van der Waals surface area contributed by atoms with E-state index in [0.717, 1.165) is 5.52 Å². The van der Waals surface area contributed by atoms with Crippen molar-refractivity contribution in [2.75, 3.05) is 12.0 Å². The van der Waals surface area contributed by atoms with Crippen LogP contribution in [0.3, 0.4) is 0 Å². The van der Waals surface area contributed by atoms with Crippen molar-refractivity contribution in [3.05, 3.63) is 42.0 Å². The highest BCUT2D eigenvalue weighted by Gasteiger charge is 2.17. The number of rotatable bonds is 4. The molecule has 0 radical (unpaired) electrons. The summed E-state index contributed by atoms with van der Waals surface area (Å²) in [5.74, 6) is -0.485. The second-order valence-corrected chi connectivity index (χ2v) is 5.70.